The second-order valence-corrected chi connectivity index (χ2v) is 4.98. The Morgan fingerprint density at radius 2 is 2.18 bits per heavy atom. The highest BCUT2D eigenvalue weighted by Crippen LogP contribution is 2.31. The molecule has 0 unspecified atom stereocenters. The summed E-state index contributed by atoms with van der Waals surface area (Å²) in [6, 6.07) is 7.69. The minimum Gasteiger partial charge on any atom is -0.392 e. The Morgan fingerprint density at radius 1 is 1.29 bits per heavy atom. The van der Waals surface area contributed by atoms with Crippen molar-refractivity contribution in [3.05, 3.63) is 51.2 Å². The summed E-state index contributed by atoms with van der Waals surface area (Å²) in [6.45, 7) is 0.719. The van der Waals surface area contributed by atoms with Crippen LogP contribution in [0.2, 0.25) is 0 Å². The van der Waals surface area contributed by atoms with E-state index < -0.39 is 0 Å². The van der Waals surface area contributed by atoms with Crippen LogP contribution in [0.15, 0.2) is 29.6 Å². The van der Waals surface area contributed by atoms with E-state index in [4.69, 9.17) is 5.41 Å². The highest BCUT2D eigenvalue weighted by atomic mass is 32.1. The van der Waals surface area contributed by atoms with Crippen molar-refractivity contribution in [2.45, 2.75) is 13.2 Å². The number of benzene rings is 1. The lowest BCUT2D eigenvalue weighted by Crippen LogP contribution is -2.04. The third kappa shape index (κ3) is 1.57. The highest BCUT2D eigenvalue weighted by molar-refractivity contribution is 7.10. The van der Waals surface area contributed by atoms with Crippen LogP contribution in [0.5, 0.6) is 0 Å². The normalized spacial score (nSPS) is 13.6. The average molecular weight is 244 g/mol. The van der Waals surface area contributed by atoms with Gasteiger partial charge in [0.25, 0.3) is 0 Å². The van der Waals surface area contributed by atoms with Crippen LogP contribution >= 0.6 is 11.3 Å². The van der Waals surface area contributed by atoms with Gasteiger partial charge in [0.05, 0.1) is 18.9 Å². The van der Waals surface area contributed by atoms with Crippen molar-refractivity contribution < 1.29 is 5.11 Å². The topological polar surface area (TPSA) is 56.1 Å². The molecule has 0 saturated heterocycles. The molecule has 2 aromatic rings. The van der Waals surface area contributed by atoms with Gasteiger partial charge in [-0.1, -0.05) is 18.2 Å². The maximum absolute atomic E-state index is 9.33. The van der Waals surface area contributed by atoms with Gasteiger partial charge in [0.15, 0.2) is 0 Å². The first kappa shape index (κ1) is 10.5. The Morgan fingerprint density at radius 3 is 3.00 bits per heavy atom. The predicted octanol–water partition coefficient (Wildman–Crippen LogP) is 2.58. The van der Waals surface area contributed by atoms with Gasteiger partial charge < -0.3 is 10.4 Å². The first-order chi connectivity index (χ1) is 8.31. The summed E-state index contributed by atoms with van der Waals surface area (Å²) in [6.07, 6.45) is 0. The minimum atomic E-state index is -0.00287. The van der Waals surface area contributed by atoms with E-state index in [-0.39, 0.29) is 6.61 Å². The van der Waals surface area contributed by atoms with Gasteiger partial charge in [-0.2, -0.15) is 0 Å². The van der Waals surface area contributed by atoms with Crippen molar-refractivity contribution in [2.24, 2.45) is 0 Å². The number of rotatable bonds is 1. The lowest BCUT2D eigenvalue weighted by atomic mass is 10.00. The monoisotopic (exact) mass is 244 g/mol. The molecule has 2 heterocycles. The summed E-state index contributed by atoms with van der Waals surface area (Å²) in [4.78, 5) is 1.18. The third-order valence-corrected chi connectivity index (χ3v) is 3.95. The fourth-order valence-electron chi connectivity index (χ4n) is 2.16. The zero-order valence-electron chi connectivity index (χ0n) is 9.16. The minimum absolute atomic E-state index is 0.00287. The second kappa shape index (κ2) is 3.98. The van der Waals surface area contributed by atoms with E-state index in [2.05, 4.69) is 5.32 Å². The number of hydrogen-bond donors (Lipinski definition) is 3. The molecule has 1 aliphatic heterocycles. The van der Waals surface area contributed by atoms with Gasteiger partial charge >= 0.3 is 0 Å². The average Bonchev–Trinajstić information content (AvgIpc) is 2.78. The molecule has 86 valence electrons. The molecule has 0 bridgehead atoms. The Kier molecular flexibility index (Phi) is 2.46. The van der Waals surface area contributed by atoms with Crippen LogP contribution in [0.4, 0.5) is 5.69 Å². The molecule has 0 spiro atoms. The largest absolute Gasteiger partial charge is 0.392 e. The number of hydrogen-bond acceptors (Lipinski definition) is 4. The molecule has 0 saturated carbocycles. The van der Waals surface area contributed by atoms with E-state index in [0.29, 0.717) is 5.71 Å². The molecule has 3 rings (SSSR count). The third-order valence-electron chi connectivity index (χ3n) is 3.03. The van der Waals surface area contributed by atoms with Gasteiger partial charge in [-0.05, 0) is 11.4 Å². The van der Waals surface area contributed by atoms with Gasteiger partial charge in [0.2, 0.25) is 0 Å². The standard InChI is InChI=1S/C13H12N2OS/c14-12-9-4-5-17-11(9)6-15-13-8(7-16)2-1-3-10(12)13/h1-5,14-16H,6-7H2. The summed E-state index contributed by atoms with van der Waals surface area (Å²) in [7, 11) is 0. The molecule has 3 nitrogen and oxygen atoms in total. The highest BCUT2D eigenvalue weighted by Gasteiger charge is 2.20. The van der Waals surface area contributed by atoms with E-state index in [1.807, 2.05) is 29.6 Å². The van der Waals surface area contributed by atoms with Crippen LogP contribution in [-0.4, -0.2) is 10.8 Å². The van der Waals surface area contributed by atoms with Crippen LogP contribution in [0, 0.1) is 5.41 Å². The maximum atomic E-state index is 9.33. The summed E-state index contributed by atoms with van der Waals surface area (Å²) < 4.78 is 0. The van der Waals surface area contributed by atoms with Crippen molar-refractivity contribution in [3.8, 4) is 0 Å². The molecule has 3 N–H and O–H groups in total. The van der Waals surface area contributed by atoms with Crippen LogP contribution in [0.1, 0.15) is 21.6 Å². The van der Waals surface area contributed by atoms with Crippen LogP contribution in [-0.2, 0) is 13.2 Å². The Balaban J connectivity index is 2.20. The second-order valence-electron chi connectivity index (χ2n) is 3.98. The van der Waals surface area contributed by atoms with E-state index in [0.717, 1.165) is 28.9 Å². The lowest BCUT2D eigenvalue weighted by Gasteiger charge is -2.12. The van der Waals surface area contributed by atoms with Crippen LogP contribution in [0.3, 0.4) is 0 Å². The van der Waals surface area contributed by atoms with Gasteiger partial charge in [-0.15, -0.1) is 11.3 Å². The molecule has 0 radical (unpaired) electrons. The molecule has 1 aromatic heterocycles. The summed E-state index contributed by atoms with van der Waals surface area (Å²) >= 11 is 1.66. The first-order valence-corrected chi connectivity index (χ1v) is 6.31. The molecular formula is C13H12N2OS. The summed E-state index contributed by atoms with van der Waals surface area (Å²) in [5.74, 6) is 0. The van der Waals surface area contributed by atoms with Crippen molar-refractivity contribution in [1.29, 1.82) is 5.41 Å². The first-order valence-electron chi connectivity index (χ1n) is 5.43. The Labute approximate surface area is 103 Å². The molecule has 17 heavy (non-hydrogen) atoms. The lowest BCUT2D eigenvalue weighted by molar-refractivity contribution is 0.282. The van der Waals surface area contributed by atoms with Crippen molar-refractivity contribution in [2.75, 3.05) is 5.32 Å². The van der Waals surface area contributed by atoms with Gasteiger partial charge in [0, 0.05) is 27.3 Å². The number of para-hydroxylation sites is 1. The molecule has 1 aromatic carbocycles. The number of fused-ring (bicyclic) bond motifs is 2. The van der Waals surface area contributed by atoms with E-state index in [9.17, 15) is 5.11 Å². The summed E-state index contributed by atoms with van der Waals surface area (Å²) in [5, 5.41) is 22.9. The zero-order valence-corrected chi connectivity index (χ0v) is 9.97. The van der Waals surface area contributed by atoms with E-state index in [1.54, 1.807) is 11.3 Å². The smallest absolute Gasteiger partial charge is 0.0717 e. The number of aliphatic hydroxyl groups is 1. The number of aliphatic hydroxyl groups excluding tert-OH is 1. The van der Waals surface area contributed by atoms with Crippen molar-refractivity contribution >= 4 is 22.7 Å². The fraction of sp³-hybridized carbons (Fsp3) is 0.154. The molecule has 1 aliphatic rings. The molecular weight excluding hydrogens is 232 g/mol. The molecule has 0 amide bonds. The van der Waals surface area contributed by atoms with Gasteiger partial charge in [-0.3, -0.25) is 5.41 Å². The molecule has 0 atom stereocenters. The van der Waals surface area contributed by atoms with Crippen molar-refractivity contribution in [3.63, 3.8) is 0 Å². The van der Waals surface area contributed by atoms with Gasteiger partial charge in [0.1, 0.15) is 0 Å². The van der Waals surface area contributed by atoms with E-state index >= 15 is 0 Å². The van der Waals surface area contributed by atoms with Crippen molar-refractivity contribution in [1.82, 2.24) is 0 Å². The predicted molar refractivity (Wildman–Crippen MR) is 69.9 cm³/mol. The van der Waals surface area contributed by atoms with Gasteiger partial charge in [-0.25, -0.2) is 0 Å². The maximum Gasteiger partial charge on any atom is 0.0717 e. The molecule has 0 aliphatic carbocycles. The molecule has 0 fully saturated rings. The number of thiophene rings is 1. The zero-order chi connectivity index (χ0) is 11.8. The van der Waals surface area contributed by atoms with E-state index in [1.165, 1.54) is 4.88 Å². The number of nitrogens with one attached hydrogen (secondary N) is 2. The van der Waals surface area contributed by atoms with Crippen LogP contribution in [0.25, 0.3) is 0 Å². The summed E-state index contributed by atoms with van der Waals surface area (Å²) in [5.41, 5.74) is 4.15. The fourth-order valence-corrected chi connectivity index (χ4v) is 2.98. The SMILES string of the molecule is N=C1c2ccsc2CNc2c(CO)cccc21. The Bertz CT molecular complexity index is 589. The van der Waals surface area contributed by atoms with Crippen LogP contribution < -0.4 is 5.32 Å². The Hall–Kier alpha value is -1.65. The molecule has 4 heteroatoms. The number of anilines is 1. The quantitative estimate of drug-likeness (QED) is 0.722.